The maximum atomic E-state index is 11.1. The number of para-hydroxylation sites is 1. The number of aryl methyl sites for hydroxylation is 1. The number of hydrogen-bond acceptors (Lipinski definition) is 8. The summed E-state index contributed by atoms with van der Waals surface area (Å²) in [5.74, 6) is 3.67. The summed E-state index contributed by atoms with van der Waals surface area (Å²) in [5, 5.41) is 12.2. The van der Waals surface area contributed by atoms with Crippen LogP contribution >= 0.6 is 23.5 Å². The van der Waals surface area contributed by atoms with E-state index in [1.165, 1.54) is 16.7 Å². The number of anilines is 1. The van der Waals surface area contributed by atoms with Gasteiger partial charge in [-0.3, -0.25) is 9.97 Å². The van der Waals surface area contributed by atoms with E-state index in [4.69, 9.17) is 5.73 Å². The van der Waals surface area contributed by atoms with Gasteiger partial charge in [0.05, 0.1) is 17.4 Å². The SMILES string of the molecule is Cc1c(SCCCCSCCn2c([N+](=O)[O-])cnc2C)ccnc1Cc1c(N)cnc2ccccc12. The van der Waals surface area contributed by atoms with Crippen LogP contribution in [-0.4, -0.2) is 41.7 Å². The molecule has 0 saturated carbocycles. The third kappa shape index (κ3) is 6.17. The maximum Gasteiger partial charge on any atom is 0.342 e. The Bertz CT molecular complexity index is 1360. The first-order valence-electron chi connectivity index (χ1n) is 11.9. The van der Waals surface area contributed by atoms with Crippen LogP contribution < -0.4 is 5.73 Å². The fourth-order valence-corrected chi connectivity index (χ4v) is 6.08. The van der Waals surface area contributed by atoms with Gasteiger partial charge >= 0.3 is 5.82 Å². The van der Waals surface area contributed by atoms with Crippen LogP contribution in [0.25, 0.3) is 10.9 Å². The number of nitrogen functional groups attached to an aromatic ring is 1. The van der Waals surface area contributed by atoms with Gasteiger partial charge in [0.25, 0.3) is 0 Å². The predicted molar refractivity (Wildman–Crippen MR) is 149 cm³/mol. The van der Waals surface area contributed by atoms with Gasteiger partial charge in [0.2, 0.25) is 0 Å². The third-order valence-corrected chi connectivity index (χ3v) is 8.44. The fourth-order valence-electron chi connectivity index (χ4n) is 4.10. The molecule has 0 amide bonds. The largest absolute Gasteiger partial charge is 0.397 e. The van der Waals surface area contributed by atoms with E-state index in [1.807, 2.05) is 47.9 Å². The van der Waals surface area contributed by atoms with Crippen LogP contribution in [0.2, 0.25) is 0 Å². The Balaban J connectivity index is 1.25. The van der Waals surface area contributed by atoms with E-state index in [9.17, 15) is 10.1 Å². The first-order chi connectivity index (χ1) is 17.5. The summed E-state index contributed by atoms with van der Waals surface area (Å²) in [7, 11) is 0. The number of nitrogens with zero attached hydrogens (tertiary/aromatic N) is 5. The average molecular weight is 523 g/mol. The Morgan fingerprint density at radius 1 is 1.03 bits per heavy atom. The van der Waals surface area contributed by atoms with E-state index in [0.29, 0.717) is 24.5 Å². The minimum Gasteiger partial charge on any atom is -0.397 e. The number of thioether (sulfide) groups is 2. The van der Waals surface area contributed by atoms with Crippen LogP contribution in [0.5, 0.6) is 0 Å². The first kappa shape index (κ1) is 26.0. The lowest BCUT2D eigenvalue weighted by Crippen LogP contribution is -2.07. The smallest absolute Gasteiger partial charge is 0.342 e. The highest BCUT2D eigenvalue weighted by Crippen LogP contribution is 2.29. The molecule has 0 spiro atoms. The standard InChI is InChI=1S/C26H30N6O2S2/c1-18-24(15-21-20-7-3-4-8-23(20)30-16-22(21)27)28-10-9-25(18)36-13-6-5-12-35-14-11-31-19(2)29-17-26(31)32(33)34/h3-4,7-10,16-17H,5-6,11-15,27H2,1-2H3. The zero-order chi connectivity index (χ0) is 25.5. The normalized spacial score (nSPS) is 11.3. The maximum absolute atomic E-state index is 11.1. The summed E-state index contributed by atoms with van der Waals surface area (Å²) in [6, 6.07) is 10.2. The zero-order valence-electron chi connectivity index (χ0n) is 20.5. The molecular formula is C26H30N6O2S2. The molecule has 4 aromatic rings. The quantitative estimate of drug-likeness (QED) is 0.107. The van der Waals surface area contributed by atoms with Crippen molar-refractivity contribution in [3.63, 3.8) is 0 Å². The molecule has 0 atom stereocenters. The van der Waals surface area contributed by atoms with Crippen molar-refractivity contribution in [2.24, 2.45) is 0 Å². The summed E-state index contributed by atoms with van der Waals surface area (Å²) in [6.45, 7) is 4.55. The summed E-state index contributed by atoms with van der Waals surface area (Å²) < 4.78 is 1.68. The second-order valence-corrected chi connectivity index (χ2v) is 10.9. The van der Waals surface area contributed by atoms with Crippen molar-refractivity contribution < 1.29 is 4.92 Å². The van der Waals surface area contributed by atoms with Gasteiger partial charge in [0.15, 0.2) is 5.82 Å². The molecule has 1 aromatic carbocycles. The molecule has 0 unspecified atom stereocenters. The van der Waals surface area contributed by atoms with Crippen LogP contribution in [0.3, 0.4) is 0 Å². The second-order valence-electron chi connectivity index (χ2n) is 8.51. The van der Waals surface area contributed by atoms with E-state index in [-0.39, 0.29) is 10.7 Å². The van der Waals surface area contributed by atoms with E-state index in [1.54, 1.807) is 17.7 Å². The minimum atomic E-state index is -0.372. The molecule has 0 radical (unpaired) electrons. The molecule has 0 aliphatic carbocycles. The third-order valence-electron chi connectivity index (χ3n) is 6.14. The molecular weight excluding hydrogens is 492 g/mol. The Labute approximate surface area is 219 Å². The van der Waals surface area contributed by atoms with Gasteiger partial charge in [-0.1, -0.05) is 18.2 Å². The van der Waals surface area contributed by atoms with Crippen LogP contribution in [-0.2, 0) is 13.0 Å². The van der Waals surface area contributed by atoms with Gasteiger partial charge in [-0.2, -0.15) is 11.8 Å². The number of rotatable bonds is 12. The topological polar surface area (TPSA) is 113 Å². The van der Waals surface area contributed by atoms with Gasteiger partial charge in [0, 0.05) is 41.3 Å². The number of unbranched alkanes of at least 4 members (excludes halogenated alkanes) is 1. The van der Waals surface area contributed by atoms with Gasteiger partial charge in [-0.25, -0.2) is 9.55 Å². The molecule has 0 saturated heterocycles. The highest BCUT2D eigenvalue weighted by Gasteiger charge is 2.16. The van der Waals surface area contributed by atoms with E-state index in [0.717, 1.165) is 52.3 Å². The number of aromatic nitrogens is 4. The van der Waals surface area contributed by atoms with Crippen molar-refractivity contribution in [3.8, 4) is 0 Å². The Kier molecular flexibility index (Phi) is 8.82. The summed E-state index contributed by atoms with van der Waals surface area (Å²) in [5.41, 5.74) is 11.3. The molecule has 0 bridgehead atoms. The number of hydrogen-bond donors (Lipinski definition) is 1. The Morgan fingerprint density at radius 2 is 1.83 bits per heavy atom. The monoisotopic (exact) mass is 522 g/mol. The molecule has 4 rings (SSSR count). The van der Waals surface area contributed by atoms with Crippen LogP contribution in [0.1, 0.15) is 35.5 Å². The summed E-state index contributed by atoms with van der Waals surface area (Å²) >= 11 is 3.70. The molecule has 8 nitrogen and oxygen atoms in total. The highest BCUT2D eigenvalue weighted by atomic mass is 32.2. The van der Waals surface area contributed by atoms with Gasteiger partial charge in [-0.05, 0) is 59.5 Å². The highest BCUT2D eigenvalue weighted by molar-refractivity contribution is 7.99. The molecule has 0 aliphatic heterocycles. The van der Waals surface area contributed by atoms with Crippen molar-refractivity contribution in [2.45, 2.75) is 44.6 Å². The molecule has 3 heterocycles. The lowest BCUT2D eigenvalue weighted by Gasteiger charge is -2.13. The minimum absolute atomic E-state index is 0.0661. The number of benzene rings is 1. The van der Waals surface area contributed by atoms with Crippen LogP contribution in [0.4, 0.5) is 11.5 Å². The summed E-state index contributed by atoms with van der Waals surface area (Å²) in [4.78, 5) is 25.1. The number of nitrogens with two attached hydrogens (primary N) is 1. The lowest BCUT2D eigenvalue weighted by atomic mass is 10.0. The number of pyridine rings is 2. The van der Waals surface area contributed by atoms with E-state index >= 15 is 0 Å². The van der Waals surface area contributed by atoms with Crippen molar-refractivity contribution in [2.75, 3.05) is 23.0 Å². The van der Waals surface area contributed by atoms with Gasteiger partial charge < -0.3 is 15.8 Å². The lowest BCUT2D eigenvalue weighted by molar-refractivity contribution is -0.392. The molecule has 0 fully saturated rings. The number of fused-ring (bicyclic) bond motifs is 1. The average Bonchev–Trinajstić information content (AvgIpc) is 3.24. The molecule has 36 heavy (non-hydrogen) atoms. The van der Waals surface area contributed by atoms with Crippen molar-refractivity contribution in [3.05, 3.63) is 81.7 Å². The van der Waals surface area contributed by atoms with E-state index in [2.05, 4.69) is 34.0 Å². The second kappa shape index (κ2) is 12.2. The first-order valence-corrected chi connectivity index (χ1v) is 14.0. The fraction of sp³-hybridized carbons (Fsp3) is 0.346. The Hall–Kier alpha value is -3.11. The molecule has 10 heteroatoms. The van der Waals surface area contributed by atoms with Crippen molar-refractivity contribution >= 4 is 45.9 Å². The van der Waals surface area contributed by atoms with Gasteiger partial charge in [0.1, 0.15) is 12.7 Å². The number of imidazole rings is 1. The zero-order valence-corrected chi connectivity index (χ0v) is 22.1. The molecule has 3 aromatic heterocycles. The van der Waals surface area contributed by atoms with Gasteiger partial charge in [-0.15, -0.1) is 11.8 Å². The summed E-state index contributed by atoms with van der Waals surface area (Å²) in [6.07, 6.45) is 7.86. The van der Waals surface area contributed by atoms with Crippen LogP contribution in [0.15, 0.2) is 53.8 Å². The molecule has 2 N–H and O–H groups in total. The van der Waals surface area contributed by atoms with Crippen molar-refractivity contribution in [1.29, 1.82) is 0 Å². The molecule has 0 aliphatic rings. The van der Waals surface area contributed by atoms with Crippen LogP contribution in [0, 0.1) is 24.0 Å². The molecule has 188 valence electrons. The van der Waals surface area contributed by atoms with Crippen molar-refractivity contribution in [1.82, 2.24) is 19.5 Å². The van der Waals surface area contributed by atoms with E-state index < -0.39 is 0 Å². The number of nitro groups is 1. The predicted octanol–water partition coefficient (Wildman–Crippen LogP) is 5.83. The Morgan fingerprint density at radius 3 is 2.67 bits per heavy atom.